The molecule has 0 bridgehead atoms. The van der Waals surface area contributed by atoms with E-state index in [0.717, 1.165) is 15.9 Å². The molecule has 0 saturated heterocycles. The Morgan fingerprint density at radius 1 is 0.483 bits per heavy atom. The first kappa shape index (κ1) is 19.7. The minimum atomic E-state index is -4.74. The van der Waals surface area contributed by atoms with Crippen LogP contribution in [0.1, 0.15) is 0 Å². The highest BCUT2D eigenvalue weighted by molar-refractivity contribution is 7.92. The van der Waals surface area contributed by atoms with Gasteiger partial charge in [-0.1, -0.05) is 114 Å². The summed E-state index contributed by atoms with van der Waals surface area (Å²) < 4.78 is 35.9. The number of benzene rings is 4. The summed E-state index contributed by atoms with van der Waals surface area (Å²) in [6.45, 7) is 0. The molecule has 0 heterocycles. The zero-order chi connectivity index (χ0) is 20.2. The Labute approximate surface area is 170 Å². The molecule has 4 rings (SSSR count). The summed E-state index contributed by atoms with van der Waals surface area (Å²) in [6, 6.07) is 36.6. The standard InChI is InChI=1S/C24H20F2NP2/c25-29(26,24-19-11-4-12-20-24)27-28(21-13-5-1-6-14-21,22-15-7-2-8-16-22)23-17-9-3-10-18-23/h1-20H/q+1. The Balaban J connectivity index is 2.12. The number of rotatable bonds is 5. The average Bonchev–Trinajstić information content (AvgIpc) is 2.80. The van der Waals surface area contributed by atoms with Crippen molar-refractivity contribution in [3.8, 4) is 0 Å². The topological polar surface area (TPSA) is 12.4 Å². The molecule has 0 aromatic heterocycles. The van der Waals surface area contributed by atoms with Crippen LogP contribution in [0, 0.1) is 0 Å². The van der Waals surface area contributed by atoms with Gasteiger partial charge in [0.2, 0.25) is 0 Å². The highest BCUT2D eigenvalue weighted by atomic mass is 31.3. The van der Waals surface area contributed by atoms with Crippen LogP contribution in [0.25, 0.3) is 0 Å². The van der Waals surface area contributed by atoms with Crippen molar-refractivity contribution in [1.82, 2.24) is 0 Å². The van der Waals surface area contributed by atoms with Crippen LogP contribution >= 0.6 is 15.1 Å². The lowest BCUT2D eigenvalue weighted by molar-refractivity contribution is 0.725. The fourth-order valence-electron chi connectivity index (χ4n) is 3.36. The molecule has 0 fully saturated rings. The molecule has 0 saturated carbocycles. The van der Waals surface area contributed by atoms with E-state index in [-0.39, 0.29) is 5.30 Å². The molecular formula is C24H20F2NP2+. The SMILES string of the molecule is F[P+](F)(N=P(c1ccccc1)(c1ccccc1)c1ccccc1)c1ccccc1. The molecule has 0 atom stereocenters. The highest BCUT2D eigenvalue weighted by Crippen LogP contribution is 2.70. The maximum atomic E-state index is 15.7. The predicted octanol–water partition coefficient (Wildman–Crippen LogP) is 6.19. The first-order valence-corrected chi connectivity index (χ1v) is 12.5. The lowest BCUT2D eigenvalue weighted by Crippen LogP contribution is -2.25. The van der Waals surface area contributed by atoms with Gasteiger partial charge in [0.15, 0.2) is 5.30 Å². The molecule has 0 spiro atoms. The van der Waals surface area contributed by atoms with E-state index >= 15 is 8.39 Å². The van der Waals surface area contributed by atoms with Crippen LogP contribution in [0.2, 0.25) is 0 Å². The van der Waals surface area contributed by atoms with Gasteiger partial charge >= 0.3 is 8.03 Å². The van der Waals surface area contributed by atoms with Crippen molar-refractivity contribution < 1.29 is 8.39 Å². The molecule has 0 aliphatic heterocycles. The van der Waals surface area contributed by atoms with Gasteiger partial charge in [0.1, 0.15) is 7.05 Å². The van der Waals surface area contributed by atoms with Gasteiger partial charge in [0, 0.05) is 24.3 Å². The minimum absolute atomic E-state index is 0.00664. The third kappa shape index (κ3) is 3.94. The van der Waals surface area contributed by atoms with Crippen LogP contribution in [-0.2, 0) is 0 Å². The van der Waals surface area contributed by atoms with Gasteiger partial charge in [-0.2, -0.15) is 0 Å². The highest BCUT2D eigenvalue weighted by Gasteiger charge is 2.49. The second-order valence-corrected chi connectivity index (χ2v) is 11.6. The summed E-state index contributed by atoms with van der Waals surface area (Å²) in [5, 5.41) is 2.49. The Bertz CT molecular complexity index is 1010. The predicted molar refractivity (Wildman–Crippen MR) is 123 cm³/mol. The van der Waals surface area contributed by atoms with Gasteiger partial charge in [-0.15, -0.1) is 0 Å². The molecule has 4 aromatic carbocycles. The molecule has 1 nitrogen and oxygen atoms in total. The minimum Gasteiger partial charge on any atom is -0.0622 e. The molecule has 4 aromatic rings. The fourth-order valence-corrected chi connectivity index (χ4v) is 9.60. The fraction of sp³-hybridized carbons (Fsp3) is 0. The first-order chi connectivity index (χ1) is 14.1. The van der Waals surface area contributed by atoms with E-state index in [1.807, 2.05) is 91.0 Å². The van der Waals surface area contributed by atoms with E-state index in [1.54, 1.807) is 18.2 Å². The molecule has 0 unspecified atom stereocenters. The molecule has 0 radical (unpaired) electrons. The van der Waals surface area contributed by atoms with Gasteiger partial charge < -0.3 is 0 Å². The lowest BCUT2D eigenvalue weighted by atomic mass is 10.4. The molecule has 0 aliphatic carbocycles. The summed E-state index contributed by atoms with van der Waals surface area (Å²) >= 11 is 0. The number of hydrogen-bond acceptors (Lipinski definition) is 1. The van der Waals surface area contributed by atoms with Crippen molar-refractivity contribution in [2.45, 2.75) is 0 Å². The third-order valence-corrected chi connectivity index (χ3v) is 10.7. The van der Waals surface area contributed by atoms with Gasteiger partial charge in [-0.3, -0.25) is 0 Å². The van der Waals surface area contributed by atoms with Gasteiger partial charge in [-0.25, -0.2) is 0 Å². The van der Waals surface area contributed by atoms with E-state index in [2.05, 4.69) is 4.52 Å². The van der Waals surface area contributed by atoms with Crippen LogP contribution in [0.4, 0.5) is 8.39 Å². The quantitative estimate of drug-likeness (QED) is 0.340. The van der Waals surface area contributed by atoms with Crippen molar-refractivity contribution in [3.05, 3.63) is 121 Å². The second-order valence-electron chi connectivity index (χ2n) is 6.55. The van der Waals surface area contributed by atoms with Gasteiger partial charge in [0.05, 0.1) is 0 Å². The van der Waals surface area contributed by atoms with E-state index in [9.17, 15) is 0 Å². The van der Waals surface area contributed by atoms with Crippen molar-refractivity contribution >= 4 is 36.3 Å². The monoisotopic (exact) mass is 422 g/mol. The summed E-state index contributed by atoms with van der Waals surface area (Å²) in [5.74, 6) is 0. The van der Waals surface area contributed by atoms with Crippen LogP contribution in [0.5, 0.6) is 0 Å². The smallest absolute Gasteiger partial charge is 0.0622 e. The van der Waals surface area contributed by atoms with Crippen LogP contribution < -0.4 is 21.2 Å². The van der Waals surface area contributed by atoms with Crippen molar-refractivity contribution in [1.29, 1.82) is 0 Å². The summed E-state index contributed by atoms with van der Waals surface area (Å²) in [5.41, 5.74) is 0. The van der Waals surface area contributed by atoms with E-state index < -0.39 is 15.1 Å². The second kappa shape index (κ2) is 8.41. The Hall–Kier alpha value is -2.60. The Kier molecular flexibility index (Phi) is 5.72. The largest absolute Gasteiger partial charge is 0.537 e. The molecular weight excluding hydrogens is 402 g/mol. The third-order valence-electron chi connectivity index (χ3n) is 4.70. The maximum absolute atomic E-state index is 15.7. The van der Waals surface area contributed by atoms with E-state index in [4.69, 9.17) is 0 Å². The number of halogens is 2. The summed E-state index contributed by atoms with van der Waals surface area (Å²) in [4.78, 5) is 0. The zero-order valence-electron chi connectivity index (χ0n) is 15.6. The molecule has 5 heteroatoms. The van der Waals surface area contributed by atoms with Crippen LogP contribution in [0.15, 0.2) is 126 Å². The summed E-state index contributed by atoms with van der Waals surface area (Å²) in [6.07, 6.45) is 0. The molecule has 144 valence electrons. The number of hydrogen-bond donors (Lipinski definition) is 0. The molecule has 0 aliphatic rings. The molecule has 0 amide bonds. The number of nitrogens with zero attached hydrogens (tertiary/aromatic N) is 1. The van der Waals surface area contributed by atoms with Crippen LogP contribution in [0.3, 0.4) is 0 Å². The van der Waals surface area contributed by atoms with E-state index in [1.165, 1.54) is 12.1 Å². The molecule has 0 N–H and O–H groups in total. The van der Waals surface area contributed by atoms with Crippen molar-refractivity contribution in [3.63, 3.8) is 0 Å². The van der Waals surface area contributed by atoms with Crippen molar-refractivity contribution in [2.24, 2.45) is 4.52 Å². The van der Waals surface area contributed by atoms with Crippen LogP contribution in [-0.4, -0.2) is 0 Å². The van der Waals surface area contributed by atoms with E-state index in [0.29, 0.717) is 0 Å². The van der Waals surface area contributed by atoms with Crippen molar-refractivity contribution in [2.75, 3.05) is 0 Å². The first-order valence-electron chi connectivity index (χ1n) is 9.28. The Morgan fingerprint density at radius 3 is 1.14 bits per heavy atom. The zero-order valence-corrected chi connectivity index (χ0v) is 17.4. The summed E-state index contributed by atoms with van der Waals surface area (Å²) in [7, 11) is -7.65. The Morgan fingerprint density at radius 2 is 0.793 bits per heavy atom. The average molecular weight is 422 g/mol. The normalized spacial score (nSPS) is 11.8. The lowest BCUT2D eigenvalue weighted by Gasteiger charge is -2.25. The maximum Gasteiger partial charge on any atom is 0.537 e. The van der Waals surface area contributed by atoms with Gasteiger partial charge in [0.25, 0.3) is 0 Å². The molecule has 29 heavy (non-hydrogen) atoms. The van der Waals surface area contributed by atoms with Gasteiger partial charge in [-0.05, 0) is 12.1 Å².